The van der Waals surface area contributed by atoms with Crippen LogP contribution in [0.5, 0.6) is 5.75 Å². The summed E-state index contributed by atoms with van der Waals surface area (Å²) in [5, 5.41) is 12.0. The molecule has 3 nitrogen and oxygen atoms in total. The van der Waals surface area contributed by atoms with E-state index in [1.54, 1.807) is 18.2 Å². The summed E-state index contributed by atoms with van der Waals surface area (Å²) in [7, 11) is 0. The lowest BCUT2D eigenvalue weighted by Crippen LogP contribution is -2.26. The van der Waals surface area contributed by atoms with Crippen molar-refractivity contribution >= 4 is 5.91 Å². The van der Waals surface area contributed by atoms with Gasteiger partial charge in [0.25, 0.3) is 0 Å². The average molecular weight is 275 g/mol. The Morgan fingerprint density at radius 2 is 1.89 bits per heavy atom. The molecule has 19 heavy (non-hydrogen) atoms. The van der Waals surface area contributed by atoms with Crippen LogP contribution in [-0.2, 0) is 11.2 Å². The van der Waals surface area contributed by atoms with Crippen molar-refractivity contribution in [2.45, 2.75) is 31.9 Å². The maximum atomic E-state index is 11.9. The Labute approximate surface area is 109 Å². The number of aromatic hydroxyl groups is 1. The lowest BCUT2D eigenvalue weighted by atomic mass is 10.1. The number of amides is 1. The predicted octanol–water partition coefficient (Wildman–Crippen LogP) is 2.78. The smallest absolute Gasteiger partial charge is 0.389 e. The van der Waals surface area contributed by atoms with E-state index >= 15 is 0 Å². The molecule has 0 saturated carbocycles. The van der Waals surface area contributed by atoms with Gasteiger partial charge in [0.05, 0.1) is 6.42 Å². The standard InChI is InChI=1S/C13H16F3NO2/c14-13(15,16)7-3-4-8-17-12(19)9-10-5-1-2-6-11(10)18/h1-2,5-6,18H,3-4,7-9H2,(H,17,19). The Hall–Kier alpha value is -1.72. The highest BCUT2D eigenvalue weighted by atomic mass is 19.4. The molecule has 2 N–H and O–H groups in total. The van der Waals surface area contributed by atoms with Crippen LogP contribution in [0.15, 0.2) is 24.3 Å². The van der Waals surface area contributed by atoms with E-state index in [4.69, 9.17) is 0 Å². The van der Waals surface area contributed by atoms with Crippen molar-refractivity contribution in [3.8, 4) is 5.75 Å². The van der Waals surface area contributed by atoms with Crippen molar-refractivity contribution in [1.29, 1.82) is 0 Å². The topological polar surface area (TPSA) is 49.3 Å². The number of para-hydroxylation sites is 1. The molecule has 0 bridgehead atoms. The number of phenolic OH excluding ortho intramolecular Hbond substituents is 1. The van der Waals surface area contributed by atoms with Gasteiger partial charge in [0, 0.05) is 18.5 Å². The number of hydrogen-bond donors (Lipinski definition) is 2. The van der Waals surface area contributed by atoms with Crippen LogP contribution in [0, 0.1) is 0 Å². The van der Waals surface area contributed by atoms with Crippen LogP contribution in [0.25, 0.3) is 0 Å². The number of benzene rings is 1. The van der Waals surface area contributed by atoms with Crippen LogP contribution < -0.4 is 5.32 Å². The van der Waals surface area contributed by atoms with Crippen LogP contribution in [0.4, 0.5) is 13.2 Å². The van der Waals surface area contributed by atoms with Crippen molar-refractivity contribution in [3.05, 3.63) is 29.8 Å². The summed E-state index contributed by atoms with van der Waals surface area (Å²) in [6.07, 6.45) is -4.67. The molecule has 1 rings (SSSR count). The third kappa shape index (κ3) is 6.69. The average Bonchev–Trinajstić information content (AvgIpc) is 2.30. The van der Waals surface area contributed by atoms with E-state index in [1.165, 1.54) is 6.07 Å². The monoisotopic (exact) mass is 275 g/mol. The molecular weight excluding hydrogens is 259 g/mol. The third-order valence-electron chi connectivity index (χ3n) is 2.55. The molecule has 106 valence electrons. The highest BCUT2D eigenvalue weighted by Crippen LogP contribution is 2.21. The first-order valence-electron chi connectivity index (χ1n) is 5.99. The van der Waals surface area contributed by atoms with Crippen molar-refractivity contribution in [2.75, 3.05) is 6.54 Å². The van der Waals surface area contributed by atoms with Crippen molar-refractivity contribution in [3.63, 3.8) is 0 Å². The van der Waals surface area contributed by atoms with E-state index in [1.807, 2.05) is 0 Å². The van der Waals surface area contributed by atoms with E-state index in [0.717, 1.165) is 0 Å². The zero-order chi connectivity index (χ0) is 14.3. The van der Waals surface area contributed by atoms with Gasteiger partial charge in [-0.1, -0.05) is 18.2 Å². The molecule has 0 atom stereocenters. The minimum absolute atomic E-state index is 0.000364. The number of alkyl halides is 3. The SMILES string of the molecule is O=C(Cc1ccccc1O)NCCCCC(F)(F)F. The molecule has 0 heterocycles. The number of halogens is 3. The second-order valence-electron chi connectivity index (χ2n) is 4.23. The molecule has 0 aliphatic carbocycles. The minimum Gasteiger partial charge on any atom is -0.508 e. The molecule has 0 saturated heterocycles. The second kappa shape index (κ2) is 7.01. The number of nitrogens with one attached hydrogen (secondary N) is 1. The van der Waals surface area contributed by atoms with Crippen LogP contribution in [0.2, 0.25) is 0 Å². The summed E-state index contributed by atoms with van der Waals surface area (Å²) in [6.45, 7) is 0.211. The van der Waals surface area contributed by atoms with Crippen LogP contribution >= 0.6 is 0 Å². The highest BCUT2D eigenvalue weighted by molar-refractivity contribution is 5.79. The zero-order valence-electron chi connectivity index (χ0n) is 10.3. The van der Waals surface area contributed by atoms with Crippen LogP contribution in [0.1, 0.15) is 24.8 Å². The van der Waals surface area contributed by atoms with E-state index in [0.29, 0.717) is 5.56 Å². The van der Waals surface area contributed by atoms with Gasteiger partial charge in [0.2, 0.25) is 5.91 Å². The highest BCUT2D eigenvalue weighted by Gasteiger charge is 2.25. The van der Waals surface area contributed by atoms with E-state index < -0.39 is 12.6 Å². The Morgan fingerprint density at radius 3 is 2.53 bits per heavy atom. The van der Waals surface area contributed by atoms with Crippen LogP contribution in [-0.4, -0.2) is 23.7 Å². The van der Waals surface area contributed by atoms with Gasteiger partial charge in [-0.05, 0) is 18.9 Å². The summed E-state index contributed by atoms with van der Waals surface area (Å²) < 4.78 is 35.6. The number of rotatable bonds is 6. The van der Waals surface area contributed by atoms with E-state index in [2.05, 4.69) is 5.32 Å². The Bertz CT molecular complexity index is 419. The number of phenols is 1. The second-order valence-corrected chi connectivity index (χ2v) is 4.23. The number of carbonyl (C=O) groups excluding carboxylic acids is 1. The molecule has 1 amide bonds. The number of unbranched alkanes of at least 4 members (excludes halogenated alkanes) is 1. The Kier molecular flexibility index (Phi) is 5.66. The lowest BCUT2D eigenvalue weighted by molar-refractivity contribution is -0.135. The summed E-state index contributed by atoms with van der Waals surface area (Å²) in [5.74, 6) is -0.275. The van der Waals surface area contributed by atoms with Gasteiger partial charge in [-0.2, -0.15) is 13.2 Å². The fourth-order valence-corrected chi connectivity index (χ4v) is 1.57. The molecule has 0 spiro atoms. The quantitative estimate of drug-likeness (QED) is 0.784. The molecule has 0 fully saturated rings. The Morgan fingerprint density at radius 1 is 1.21 bits per heavy atom. The van der Waals surface area contributed by atoms with Gasteiger partial charge in [0.1, 0.15) is 5.75 Å². The maximum Gasteiger partial charge on any atom is 0.389 e. The van der Waals surface area contributed by atoms with Crippen LogP contribution in [0.3, 0.4) is 0 Å². The first kappa shape index (κ1) is 15.3. The predicted molar refractivity (Wildman–Crippen MR) is 64.7 cm³/mol. The van der Waals surface area contributed by atoms with Gasteiger partial charge in [-0.15, -0.1) is 0 Å². The molecule has 6 heteroatoms. The van der Waals surface area contributed by atoms with Gasteiger partial charge >= 0.3 is 6.18 Å². The van der Waals surface area contributed by atoms with Crippen molar-refractivity contribution in [1.82, 2.24) is 5.32 Å². The summed E-state index contributed by atoms with van der Waals surface area (Å²) in [5.41, 5.74) is 0.496. The van der Waals surface area contributed by atoms with Gasteiger partial charge in [-0.25, -0.2) is 0 Å². The first-order valence-corrected chi connectivity index (χ1v) is 5.99. The maximum absolute atomic E-state index is 11.9. The van der Waals surface area contributed by atoms with E-state index in [9.17, 15) is 23.1 Å². The summed E-state index contributed by atoms with van der Waals surface area (Å²) in [6, 6.07) is 6.45. The summed E-state index contributed by atoms with van der Waals surface area (Å²) >= 11 is 0. The molecule has 0 radical (unpaired) electrons. The molecule has 1 aromatic carbocycles. The molecule has 0 aliphatic heterocycles. The lowest BCUT2D eigenvalue weighted by Gasteiger charge is -2.08. The van der Waals surface area contributed by atoms with Crippen molar-refractivity contribution in [2.24, 2.45) is 0 Å². The molecule has 0 aliphatic rings. The molecule has 0 aromatic heterocycles. The zero-order valence-corrected chi connectivity index (χ0v) is 10.3. The summed E-state index contributed by atoms with van der Waals surface area (Å²) in [4.78, 5) is 11.5. The van der Waals surface area contributed by atoms with Crippen molar-refractivity contribution < 1.29 is 23.1 Å². The Balaban J connectivity index is 2.20. The largest absolute Gasteiger partial charge is 0.508 e. The fourth-order valence-electron chi connectivity index (χ4n) is 1.57. The first-order chi connectivity index (χ1) is 8.88. The van der Waals surface area contributed by atoms with Gasteiger partial charge in [0.15, 0.2) is 0 Å². The fraction of sp³-hybridized carbons (Fsp3) is 0.462. The molecule has 0 unspecified atom stereocenters. The number of hydrogen-bond acceptors (Lipinski definition) is 2. The minimum atomic E-state index is -4.14. The molecular formula is C13H16F3NO2. The number of carbonyl (C=O) groups is 1. The van der Waals surface area contributed by atoms with Gasteiger partial charge < -0.3 is 10.4 Å². The van der Waals surface area contributed by atoms with Gasteiger partial charge in [-0.3, -0.25) is 4.79 Å². The normalized spacial score (nSPS) is 11.3. The third-order valence-corrected chi connectivity index (χ3v) is 2.55. The molecule has 1 aromatic rings. The van der Waals surface area contributed by atoms with E-state index in [-0.39, 0.29) is 37.5 Å².